The summed E-state index contributed by atoms with van der Waals surface area (Å²) in [6, 6.07) is 17.6. The molecule has 164 valence electrons. The molecule has 8 heteroatoms. The summed E-state index contributed by atoms with van der Waals surface area (Å²) in [4.78, 5) is 25.5. The van der Waals surface area contributed by atoms with Crippen molar-refractivity contribution in [3.05, 3.63) is 94.3 Å². The highest BCUT2D eigenvalue weighted by molar-refractivity contribution is 6.53. The van der Waals surface area contributed by atoms with Crippen molar-refractivity contribution >= 4 is 58.0 Å². The first kappa shape index (κ1) is 22.6. The first-order valence-corrected chi connectivity index (χ1v) is 10.9. The Morgan fingerprint density at radius 1 is 0.906 bits per heavy atom. The fourth-order valence-corrected chi connectivity index (χ4v) is 4.60. The first-order chi connectivity index (χ1) is 15.2. The first-order valence-electron chi connectivity index (χ1n) is 9.78. The van der Waals surface area contributed by atoms with Crippen LogP contribution in [0, 0.1) is 18.7 Å². The van der Waals surface area contributed by atoms with Crippen LogP contribution in [0.2, 0.25) is 5.02 Å². The van der Waals surface area contributed by atoms with E-state index in [-0.39, 0.29) is 22.4 Å². The molecular formula is C24H18Cl3FN2O2. The number of amides is 2. The van der Waals surface area contributed by atoms with Gasteiger partial charge in [0.05, 0.1) is 16.5 Å². The van der Waals surface area contributed by atoms with Gasteiger partial charge in [-0.15, -0.1) is 23.2 Å². The van der Waals surface area contributed by atoms with Gasteiger partial charge in [0.15, 0.2) is 0 Å². The highest BCUT2D eigenvalue weighted by atomic mass is 35.5. The highest BCUT2D eigenvalue weighted by Crippen LogP contribution is 2.65. The molecule has 0 bridgehead atoms. The van der Waals surface area contributed by atoms with Crippen LogP contribution in [0.1, 0.15) is 27.4 Å². The Balaban J connectivity index is 1.49. The maximum atomic E-state index is 13.1. The molecule has 2 amide bonds. The van der Waals surface area contributed by atoms with E-state index >= 15 is 0 Å². The molecule has 0 aliphatic heterocycles. The van der Waals surface area contributed by atoms with Gasteiger partial charge in [-0.25, -0.2) is 4.39 Å². The molecule has 2 N–H and O–H groups in total. The van der Waals surface area contributed by atoms with Crippen molar-refractivity contribution < 1.29 is 14.0 Å². The summed E-state index contributed by atoms with van der Waals surface area (Å²) in [6.45, 7) is 1.97. The van der Waals surface area contributed by atoms with Crippen LogP contribution in [0.4, 0.5) is 15.8 Å². The third kappa shape index (κ3) is 4.60. The average Bonchev–Trinajstić information content (AvgIpc) is 3.33. The second-order valence-electron chi connectivity index (χ2n) is 7.69. The fourth-order valence-electron chi connectivity index (χ4n) is 3.57. The van der Waals surface area contributed by atoms with Crippen molar-refractivity contribution in [1.29, 1.82) is 0 Å². The Labute approximate surface area is 199 Å². The minimum atomic E-state index is -1.21. The van der Waals surface area contributed by atoms with Gasteiger partial charge in [-0.05, 0) is 55.0 Å². The topological polar surface area (TPSA) is 58.2 Å². The number of benzene rings is 3. The lowest BCUT2D eigenvalue weighted by Gasteiger charge is -2.10. The molecule has 3 aromatic carbocycles. The Kier molecular flexibility index (Phi) is 6.17. The van der Waals surface area contributed by atoms with E-state index in [0.717, 1.165) is 11.1 Å². The predicted octanol–water partition coefficient (Wildman–Crippen LogP) is 6.57. The number of carbonyl (C=O) groups is 2. The molecular weight excluding hydrogens is 474 g/mol. The SMILES string of the molecule is Cc1ccc(C2C(C(=O)Nc3ccc(Cl)c(C(=O)Nc4ccc(F)cc4)c3)C2(Cl)Cl)cc1. The lowest BCUT2D eigenvalue weighted by atomic mass is 10.1. The summed E-state index contributed by atoms with van der Waals surface area (Å²) < 4.78 is 11.9. The number of hydrogen-bond donors (Lipinski definition) is 2. The van der Waals surface area contributed by atoms with Crippen LogP contribution < -0.4 is 10.6 Å². The van der Waals surface area contributed by atoms with Crippen molar-refractivity contribution in [2.75, 3.05) is 10.6 Å². The minimum absolute atomic E-state index is 0.155. The Hall–Kier alpha value is -2.60. The standard InChI is InChI=1S/C24H18Cl3FN2O2/c1-13-2-4-14(5-3-13)20-21(24(20,26)27)23(32)30-17-10-11-19(25)18(12-17)22(31)29-16-8-6-15(28)7-9-16/h2-12,20-21H,1H3,(H,29,31)(H,30,32). The number of nitrogens with one attached hydrogen (secondary N) is 2. The number of aryl methyl sites for hydroxylation is 1. The second-order valence-corrected chi connectivity index (χ2v) is 9.54. The molecule has 0 heterocycles. The van der Waals surface area contributed by atoms with E-state index in [1.807, 2.05) is 31.2 Å². The molecule has 2 atom stereocenters. The van der Waals surface area contributed by atoms with Gasteiger partial charge in [-0.1, -0.05) is 41.4 Å². The normalized spacial score (nSPS) is 18.7. The zero-order chi connectivity index (χ0) is 23.0. The molecule has 0 aromatic heterocycles. The van der Waals surface area contributed by atoms with Gasteiger partial charge in [0.25, 0.3) is 5.91 Å². The monoisotopic (exact) mass is 490 g/mol. The molecule has 32 heavy (non-hydrogen) atoms. The van der Waals surface area contributed by atoms with Crippen LogP contribution >= 0.6 is 34.8 Å². The third-order valence-corrected chi connectivity index (χ3v) is 6.62. The fraction of sp³-hybridized carbons (Fsp3) is 0.167. The zero-order valence-electron chi connectivity index (χ0n) is 16.8. The van der Waals surface area contributed by atoms with E-state index in [2.05, 4.69) is 10.6 Å². The molecule has 1 saturated carbocycles. The van der Waals surface area contributed by atoms with Crippen LogP contribution in [0.15, 0.2) is 66.7 Å². The number of halogens is 4. The summed E-state index contributed by atoms with van der Waals surface area (Å²) in [5.74, 6) is -2.23. The molecule has 2 unspecified atom stereocenters. The van der Waals surface area contributed by atoms with E-state index in [9.17, 15) is 14.0 Å². The molecule has 0 saturated heterocycles. The quantitative estimate of drug-likeness (QED) is 0.397. The maximum absolute atomic E-state index is 13.1. The molecule has 1 aliphatic carbocycles. The number of rotatable bonds is 5. The number of alkyl halides is 2. The summed E-state index contributed by atoms with van der Waals surface area (Å²) >= 11 is 19.0. The lowest BCUT2D eigenvalue weighted by molar-refractivity contribution is -0.117. The summed E-state index contributed by atoms with van der Waals surface area (Å²) in [5, 5.41) is 5.62. The van der Waals surface area contributed by atoms with E-state index in [0.29, 0.717) is 11.4 Å². The average molecular weight is 492 g/mol. The Morgan fingerprint density at radius 2 is 1.53 bits per heavy atom. The smallest absolute Gasteiger partial charge is 0.257 e. The highest BCUT2D eigenvalue weighted by Gasteiger charge is 2.67. The number of carbonyl (C=O) groups excluding carboxylic acids is 2. The third-order valence-electron chi connectivity index (χ3n) is 5.35. The van der Waals surface area contributed by atoms with Gasteiger partial charge in [0, 0.05) is 17.3 Å². The van der Waals surface area contributed by atoms with Gasteiger partial charge in [-0.3, -0.25) is 9.59 Å². The molecule has 0 radical (unpaired) electrons. The van der Waals surface area contributed by atoms with Crippen molar-refractivity contribution in [3.8, 4) is 0 Å². The van der Waals surface area contributed by atoms with E-state index in [1.54, 1.807) is 6.07 Å². The Bertz CT molecular complexity index is 1180. The maximum Gasteiger partial charge on any atom is 0.257 e. The lowest BCUT2D eigenvalue weighted by Crippen LogP contribution is -2.18. The van der Waals surface area contributed by atoms with Crippen LogP contribution in [0.3, 0.4) is 0 Å². The van der Waals surface area contributed by atoms with Crippen molar-refractivity contribution in [1.82, 2.24) is 0 Å². The molecule has 1 aliphatic rings. The predicted molar refractivity (Wildman–Crippen MR) is 126 cm³/mol. The minimum Gasteiger partial charge on any atom is -0.326 e. The van der Waals surface area contributed by atoms with E-state index in [4.69, 9.17) is 34.8 Å². The van der Waals surface area contributed by atoms with Crippen molar-refractivity contribution in [2.24, 2.45) is 5.92 Å². The van der Waals surface area contributed by atoms with E-state index < -0.39 is 22.0 Å². The molecule has 3 aromatic rings. The van der Waals surface area contributed by atoms with Crippen LogP contribution in [-0.4, -0.2) is 16.1 Å². The van der Waals surface area contributed by atoms with Crippen LogP contribution in [0.5, 0.6) is 0 Å². The Morgan fingerprint density at radius 3 is 2.19 bits per heavy atom. The molecule has 4 nitrogen and oxygen atoms in total. The van der Waals surface area contributed by atoms with Gasteiger partial charge in [-0.2, -0.15) is 0 Å². The van der Waals surface area contributed by atoms with Crippen LogP contribution in [0.25, 0.3) is 0 Å². The summed E-state index contributed by atoms with van der Waals surface area (Å²) in [6.07, 6.45) is 0. The second kappa shape index (κ2) is 8.74. The van der Waals surface area contributed by atoms with Gasteiger partial charge in [0.1, 0.15) is 10.2 Å². The van der Waals surface area contributed by atoms with Gasteiger partial charge in [0.2, 0.25) is 5.91 Å². The number of anilines is 2. The van der Waals surface area contributed by atoms with Crippen molar-refractivity contribution in [2.45, 2.75) is 17.2 Å². The van der Waals surface area contributed by atoms with Gasteiger partial charge < -0.3 is 10.6 Å². The van der Waals surface area contributed by atoms with E-state index in [1.165, 1.54) is 36.4 Å². The largest absolute Gasteiger partial charge is 0.326 e. The molecule has 0 spiro atoms. The number of hydrogen-bond acceptors (Lipinski definition) is 2. The summed E-state index contributed by atoms with van der Waals surface area (Å²) in [5.41, 5.74) is 2.92. The van der Waals surface area contributed by atoms with Crippen molar-refractivity contribution in [3.63, 3.8) is 0 Å². The summed E-state index contributed by atoms with van der Waals surface area (Å²) in [7, 11) is 0. The molecule has 1 fully saturated rings. The van der Waals surface area contributed by atoms with Crippen LogP contribution in [-0.2, 0) is 4.79 Å². The molecule has 4 rings (SSSR count). The zero-order valence-corrected chi connectivity index (χ0v) is 19.1. The van der Waals surface area contributed by atoms with Gasteiger partial charge >= 0.3 is 0 Å².